The molecule has 0 aliphatic rings. The summed E-state index contributed by atoms with van der Waals surface area (Å²) in [4.78, 5) is 0. The molecule has 1 nitrogen and oxygen atoms in total. The van der Waals surface area contributed by atoms with Crippen molar-refractivity contribution in [3.63, 3.8) is 0 Å². The number of hydrogen-bond acceptors (Lipinski definition) is 1. The zero-order valence-electron chi connectivity index (χ0n) is 9.79. The lowest BCUT2D eigenvalue weighted by Crippen LogP contribution is -2.25. The molecule has 0 saturated carbocycles. The zero-order chi connectivity index (χ0) is 11.0. The molecule has 0 amide bonds. The average molecular weight is 192 g/mol. The maximum atomic E-state index is 5.23. The molecule has 0 saturated heterocycles. The molecule has 0 atom stereocenters. The van der Waals surface area contributed by atoms with Crippen molar-refractivity contribution in [2.45, 2.75) is 27.7 Å². The maximum absolute atomic E-state index is 5.23. The third-order valence-corrected chi connectivity index (χ3v) is 1.92. The van der Waals surface area contributed by atoms with Gasteiger partial charge in [0.25, 0.3) is 0 Å². The number of ether oxygens (including phenoxy) is 1. The van der Waals surface area contributed by atoms with Crippen LogP contribution in [0.4, 0.5) is 0 Å². The van der Waals surface area contributed by atoms with Crippen LogP contribution in [0.2, 0.25) is 0 Å². The predicted molar refractivity (Wildman–Crippen MR) is 63.9 cm³/mol. The molecule has 0 N–H and O–H groups in total. The summed E-state index contributed by atoms with van der Waals surface area (Å²) in [5, 5.41) is 2.39. The Bertz CT molecular complexity index is 363. The van der Waals surface area contributed by atoms with E-state index in [4.69, 9.17) is 4.74 Å². The average Bonchev–Trinajstić information content (AvgIpc) is 2.30. The van der Waals surface area contributed by atoms with Crippen LogP contribution < -0.4 is 15.2 Å². The van der Waals surface area contributed by atoms with Gasteiger partial charge in [-0.15, -0.1) is 0 Å². The summed E-state index contributed by atoms with van der Waals surface area (Å²) in [6.45, 7) is 8.05. The molecule has 1 aromatic carbocycles. The Morgan fingerprint density at radius 3 is 2.14 bits per heavy atom. The van der Waals surface area contributed by atoms with Crippen LogP contribution in [0.1, 0.15) is 27.7 Å². The van der Waals surface area contributed by atoms with Crippen molar-refractivity contribution in [3.05, 3.63) is 28.6 Å². The first-order chi connectivity index (χ1) is 6.83. The van der Waals surface area contributed by atoms with Gasteiger partial charge in [0.2, 0.25) is 0 Å². The second-order valence-electron chi connectivity index (χ2n) is 2.54. The summed E-state index contributed by atoms with van der Waals surface area (Å²) < 4.78 is 5.23. The van der Waals surface area contributed by atoms with E-state index in [2.05, 4.69) is 18.2 Å². The van der Waals surface area contributed by atoms with Crippen molar-refractivity contribution in [2.75, 3.05) is 7.11 Å². The topological polar surface area (TPSA) is 9.23 Å². The van der Waals surface area contributed by atoms with Gasteiger partial charge >= 0.3 is 0 Å². The summed E-state index contributed by atoms with van der Waals surface area (Å²) in [6, 6.07) is 6.06. The van der Waals surface area contributed by atoms with Crippen molar-refractivity contribution in [1.82, 2.24) is 0 Å². The lowest BCUT2D eigenvalue weighted by molar-refractivity contribution is 0.411. The molecule has 14 heavy (non-hydrogen) atoms. The molecule has 0 radical (unpaired) electrons. The van der Waals surface area contributed by atoms with Crippen LogP contribution in [-0.4, -0.2) is 7.11 Å². The third kappa shape index (κ3) is 2.91. The van der Waals surface area contributed by atoms with E-state index in [1.165, 1.54) is 10.4 Å². The van der Waals surface area contributed by atoms with Crippen LogP contribution in [0.15, 0.2) is 18.2 Å². The third-order valence-electron chi connectivity index (χ3n) is 1.92. The predicted octanol–water partition coefficient (Wildman–Crippen LogP) is 2.32. The van der Waals surface area contributed by atoms with Crippen molar-refractivity contribution >= 4 is 12.2 Å². The van der Waals surface area contributed by atoms with Crippen LogP contribution >= 0.6 is 0 Å². The SMILES string of the molecule is C/C=c1/cccc(OC)/c1=C/C.CC. The molecule has 78 valence electrons. The van der Waals surface area contributed by atoms with Crippen LogP contribution in [0.25, 0.3) is 12.2 Å². The van der Waals surface area contributed by atoms with E-state index in [-0.39, 0.29) is 0 Å². The minimum atomic E-state index is 0.938. The molecule has 0 aromatic heterocycles. The second-order valence-corrected chi connectivity index (χ2v) is 2.54. The van der Waals surface area contributed by atoms with E-state index < -0.39 is 0 Å². The fourth-order valence-electron chi connectivity index (χ4n) is 1.30. The van der Waals surface area contributed by atoms with E-state index in [1.54, 1.807) is 7.11 Å². The van der Waals surface area contributed by atoms with Gasteiger partial charge in [-0.05, 0) is 25.1 Å². The second kappa shape index (κ2) is 7.19. The van der Waals surface area contributed by atoms with Gasteiger partial charge in [-0.25, -0.2) is 0 Å². The molecule has 0 aliphatic heterocycles. The van der Waals surface area contributed by atoms with Gasteiger partial charge in [0, 0.05) is 5.22 Å². The Kier molecular flexibility index (Phi) is 6.55. The zero-order valence-corrected chi connectivity index (χ0v) is 9.79. The van der Waals surface area contributed by atoms with Gasteiger partial charge in [-0.1, -0.05) is 38.1 Å². The summed E-state index contributed by atoms with van der Waals surface area (Å²) in [5.41, 5.74) is 0. The quantitative estimate of drug-likeness (QED) is 0.663. The summed E-state index contributed by atoms with van der Waals surface area (Å²) in [6.07, 6.45) is 4.14. The van der Waals surface area contributed by atoms with E-state index >= 15 is 0 Å². The van der Waals surface area contributed by atoms with Crippen LogP contribution in [0.3, 0.4) is 0 Å². The smallest absolute Gasteiger partial charge is 0.126 e. The Labute approximate surface area is 86.7 Å². The van der Waals surface area contributed by atoms with E-state index in [0.29, 0.717) is 0 Å². The number of benzene rings is 1. The molecule has 0 bridgehead atoms. The Balaban J connectivity index is 0.000000791. The first-order valence-electron chi connectivity index (χ1n) is 5.09. The van der Waals surface area contributed by atoms with Gasteiger partial charge in [0.15, 0.2) is 0 Å². The molecule has 1 rings (SSSR count). The van der Waals surface area contributed by atoms with E-state index in [9.17, 15) is 0 Å². The fourth-order valence-corrected chi connectivity index (χ4v) is 1.30. The van der Waals surface area contributed by atoms with Crippen molar-refractivity contribution < 1.29 is 4.74 Å². The largest absolute Gasteiger partial charge is 0.496 e. The molecule has 1 heteroatoms. The minimum absolute atomic E-state index is 0.938. The van der Waals surface area contributed by atoms with Crippen LogP contribution in [-0.2, 0) is 0 Å². The summed E-state index contributed by atoms with van der Waals surface area (Å²) in [5.74, 6) is 0.938. The summed E-state index contributed by atoms with van der Waals surface area (Å²) >= 11 is 0. The Morgan fingerprint density at radius 2 is 1.71 bits per heavy atom. The number of rotatable bonds is 1. The van der Waals surface area contributed by atoms with Gasteiger partial charge in [-0.3, -0.25) is 0 Å². The highest BCUT2D eigenvalue weighted by atomic mass is 16.5. The molecular weight excluding hydrogens is 172 g/mol. The molecule has 1 aromatic rings. The highest BCUT2D eigenvalue weighted by molar-refractivity contribution is 5.37. The van der Waals surface area contributed by atoms with Crippen LogP contribution in [0.5, 0.6) is 5.75 Å². The first-order valence-corrected chi connectivity index (χ1v) is 5.09. The molecular formula is C13H20O. The highest BCUT2D eigenvalue weighted by Crippen LogP contribution is 1.96. The highest BCUT2D eigenvalue weighted by Gasteiger charge is 1.91. The van der Waals surface area contributed by atoms with Crippen LogP contribution in [0, 0.1) is 0 Å². The van der Waals surface area contributed by atoms with Gasteiger partial charge < -0.3 is 4.74 Å². The van der Waals surface area contributed by atoms with E-state index in [1.807, 2.05) is 39.8 Å². The first kappa shape index (κ1) is 12.8. The maximum Gasteiger partial charge on any atom is 0.126 e. The van der Waals surface area contributed by atoms with Gasteiger partial charge in [0.05, 0.1) is 7.11 Å². The van der Waals surface area contributed by atoms with E-state index in [0.717, 1.165) is 5.75 Å². The summed E-state index contributed by atoms with van der Waals surface area (Å²) in [7, 11) is 1.70. The molecule has 0 unspecified atom stereocenters. The molecule has 0 spiro atoms. The standard InChI is InChI=1S/C11H14O.C2H6/c1-4-9-7-6-8-11(12-3)10(9)5-2;1-2/h4-8H,1-3H3;1-2H3/b9-4-,10-5+;. The molecule has 0 heterocycles. The molecule has 0 fully saturated rings. The number of methoxy groups -OCH3 is 1. The lowest BCUT2D eigenvalue weighted by atomic mass is 10.2. The van der Waals surface area contributed by atoms with Crippen molar-refractivity contribution in [1.29, 1.82) is 0 Å². The minimum Gasteiger partial charge on any atom is -0.496 e. The van der Waals surface area contributed by atoms with Crippen molar-refractivity contribution in [2.24, 2.45) is 0 Å². The normalized spacial score (nSPS) is 12.1. The molecule has 0 aliphatic carbocycles. The fraction of sp³-hybridized carbons (Fsp3) is 0.385. The van der Waals surface area contributed by atoms with Gasteiger partial charge in [-0.2, -0.15) is 0 Å². The monoisotopic (exact) mass is 192 g/mol. The Hall–Kier alpha value is -1.24. The van der Waals surface area contributed by atoms with Crippen molar-refractivity contribution in [3.8, 4) is 5.75 Å². The number of hydrogen-bond donors (Lipinski definition) is 0. The lowest BCUT2D eigenvalue weighted by Gasteiger charge is -2.00. The van der Waals surface area contributed by atoms with Gasteiger partial charge in [0.1, 0.15) is 5.75 Å². The Morgan fingerprint density at radius 1 is 1.07 bits per heavy atom.